The third-order valence-corrected chi connectivity index (χ3v) is 3.65. The largest absolute Gasteiger partial charge is 0.361 e. The lowest BCUT2D eigenvalue weighted by atomic mass is 9.90. The highest BCUT2D eigenvalue weighted by atomic mass is 16.6. The average molecular weight is 209 g/mol. The molecule has 2 aliphatic heterocycles. The van der Waals surface area contributed by atoms with Crippen molar-refractivity contribution in [3.8, 4) is 0 Å². The highest BCUT2D eigenvalue weighted by molar-refractivity contribution is 6.13. The van der Waals surface area contributed by atoms with Gasteiger partial charge in [-0.1, -0.05) is 0 Å². The number of carbonyl (C=O) groups is 2. The van der Waals surface area contributed by atoms with Crippen LogP contribution in [0.1, 0.15) is 27.7 Å². The summed E-state index contributed by atoms with van der Waals surface area (Å²) in [5.74, 6) is -0.500. The molecule has 0 aliphatic carbocycles. The number of nitrogens with zero attached hydrogens (tertiary/aromatic N) is 1. The van der Waals surface area contributed by atoms with E-state index in [1.165, 1.54) is 17.1 Å². The molecule has 0 aromatic rings. The Morgan fingerprint density at radius 2 is 1.60 bits per heavy atom. The number of epoxide rings is 1. The first-order chi connectivity index (χ1) is 6.79. The molecule has 82 valence electrons. The van der Waals surface area contributed by atoms with Crippen molar-refractivity contribution < 1.29 is 14.3 Å². The summed E-state index contributed by atoms with van der Waals surface area (Å²) in [5, 5.41) is 0. The lowest BCUT2D eigenvalue weighted by Gasteiger charge is -2.27. The van der Waals surface area contributed by atoms with Crippen LogP contribution in [0.4, 0.5) is 0 Å². The van der Waals surface area contributed by atoms with E-state index in [4.69, 9.17) is 4.74 Å². The predicted molar refractivity (Wildman–Crippen MR) is 54.0 cm³/mol. The Morgan fingerprint density at radius 1 is 1.20 bits per heavy atom. The van der Waals surface area contributed by atoms with Crippen molar-refractivity contribution in [3.05, 3.63) is 12.2 Å². The van der Waals surface area contributed by atoms with Crippen LogP contribution < -0.4 is 0 Å². The monoisotopic (exact) mass is 209 g/mol. The van der Waals surface area contributed by atoms with Gasteiger partial charge in [-0.05, 0) is 27.7 Å². The first-order valence-corrected chi connectivity index (χ1v) is 5.05. The minimum Gasteiger partial charge on any atom is -0.361 e. The van der Waals surface area contributed by atoms with Crippen molar-refractivity contribution in [3.63, 3.8) is 0 Å². The van der Waals surface area contributed by atoms with E-state index in [1.807, 2.05) is 27.7 Å². The van der Waals surface area contributed by atoms with Gasteiger partial charge in [-0.3, -0.25) is 14.5 Å². The van der Waals surface area contributed by atoms with Gasteiger partial charge in [-0.15, -0.1) is 0 Å². The normalized spacial score (nSPS) is 34.8. The molecule has 2 rings (SSSR count). The van der Waals surface area contributed by atoms with E-state index in [-0.39, 0.29) is 23.5 Å². The summed E-state index contributed by atoms with van der Waals surface area (Å²) in [5.41, 5.74) is -0.695. The molecule has 4 heteroatoms. The quantitative estimate of drug-likeness (QED) is 0.501. The second kappa shape index (κ2) is 2.70. The molecule has 0 aromatic heterocycles. The van der Waals surface area contributed by atoms with Gasteiger partial charge in [0.05, 0.1) is 11.6 Å². The maximum atomic E-state index is 11.5. The first kappa shape index (κ1) is 10.4. The smallest absolute Gasteiger partial charge is 0.253 e. The number of imide groups is 1. The first-order valence-electron chi connectivity index (χ1n) is 5.05. The number of hydrogen-bond acceptors (Lipinski definition) is 3. The van der Waals surface area contributed by atoms with E-state index in [1.54, 1.807) is 0 Å². The maximum Gasteiger partial charge on any atom is 0.253 e. The fourth-order valence-electron chi connectivity index (χ4n) is 2.13. The Bertz CT molecular complexity index is 354. The summed E-state index contributed by atoms with van der Waals surface area (Å²) in [6.45, 7) is 7.69. The average Bonchev–Trinajstić information content (AvgIpc) is 2.47. The van der Waals surface area contributed by atoms with Gasteiger partial charge >= 0.3 is 0 Å². The molecule has 2 atom stereocenters. The van der Waals surface area contributed by atoms with Gasteiger partial charge in [0.1, 0.15) is 5.60 Å². The molecular formula is C11H15NO3. The Kier molecular flexibility index (Phi) is 1.86. The molecule has 4 nitrogen and oxygen atoms in total. The molecule has 0 bridgehead atoms. The van der Waals surface area contributed by atoms with Gasteiger partial charge in [-0.2, -0.15) is 0 Å². The third-order valence-electron chi connectivity index (χ3n) is 3.65. The van der Waals surface area contributed by atoms with Gasteiger partial charge < -0.3 is 4.74 Å². The maximum absolute atomic E-state index is 11.5. The lowest BCUT2D eigenvalue weighted by Crippen LogP contribution is -2.48. The molecular weight excluding hydrogens is 194 g/mol. The minimum atomic E-state index is -0.426. The summed E-state index contributed by atoms with van der Waals surface area (Å²) in [6.07, 6.45) is 2.61. The standard InChI is InChI=1S/C11H15NO3/c1-7(11(4)10(2,3)15-11)12-8(13)5-6-9(12)14/h5-7H,1-4H3. The summed E-state index contributed by atoms with van der Waals surface area (Å²) in [4.78, 5) is 24.2. The summed E-state index contributed by atoms with van der Waals surface area (Å²) >= 11 is 0. The molecule has 0 aromatic carbocycles. The van der Waals surface area contributed by atoms with E-state index in [0.29, 0.717) is 0 Å². The highest BCUT2D eigenvalue weighted by Gasteiger charge is 2.65. The van der Waals surface area contributed by atoms with Crippen LogP contribution in [-0.4, -0.2) is 34.0 Å². The molecule has 2 heterocycles. The van der Waals surface area contributed by atoms with E-state index < -0.39 is 5.60 Å². The van der Waals surface area contributed by atoms with Crippen molar-refractivity contribution >= 4 is 11.8 Å². The zero-order chi connectivity index (χ0) is 11.4. The van der Waals surface area contributed by atoms with E-state index >= 15 is 0 Å². The third kappa shape index (κ3) is 1.24. The van der Waals surface area contributed by atoms with Crippen LogP contribution in [0.15, 0.2) is 12.2 Å². The Labute approximate surface area is 88.9 Å². The summed E-state index contributed by atoms with van der Waals surface area (Å²) in [7, 11) is 0. The molecule has 2 aliphatic rings. The van der Waals surface area contributed by atoms with Crippen molar-refractivity contribution in [2.45, 2.75) is 44.9 Å². The van der Waals surface area contributed by atoms with Gasteiger partial charge in [0.15, 0.2) is 0 Å². The molecule has 15 heavy (non-hydrogen) atoms. The Balaban J connectivity index is 2.20. The van der Waals surface area contributed by atoms with Crippen LogP contribution in [0.2, 0.25) is 0 Å². The Hall–Kier alpha value is -1.16. The number of rotatable bonds is 2. The zero-order valence-electron chi connectivity index (χ0n) is 9.40. The topological polar surface area (TPSA) is 49.9 Å². The van der Waals surface area contributed by atoms with E-state index in [2.05, 4.69) is 0 Å². The molecule has 0 radical (unpaired) electrons. The molecule has 0 saturated carbocycles. The molecule has 2 amide bonds. The van der Waals surface area contributed by atoms with Crippen LogP contribution in [0.5, 0.6) is 0 Å². The van der Waals surface area contributed by atoms with Gasteiger partial charge in [0.25, 0.3) is 11.8 Å². The molecule has 2 unspecified atom stereocenters. The Morgan fingerprint density at radius 3 is 1.93 bits per heavy atom. The molecule has 1 saturated heterocycles. The van der Waals surface area contributed by atoms with Crippen molar-refractivity contribution in [1.29, 1.82) is 0 Å². The molecule has 1 fully saturated rings. The number of carbonyl (C=O) groups excluding carboxylic acids is 2. The SMILES string of the molecule is CC(N1C(=O)C=CC1=O)C1(C)OC1(C)C. The van der Waals surface area contributed by atoms with Gasteiger partial charge in [-0.25, -0.2) is 0 Å². The van der Waals surface area contributed by atoms with Crippen LogP contribution in [0, 0.1) is 0 Å². The van der Waals surface area contributed by atoms with E-state index in [9.17, 15) is 9.59 Å². The van der Waals surface area contributed by atoms with Crippen molar-refractivity contribution in [2.75, 3.05) is 0 Å². The summed E-state index contributed by atoms with van der Waals surface area (Å²) in [6, 6.07) is -0.234. The zero-order valence-corrected chi connectivity index (χ0v) is 9.40. The molecule has 0 spiro atoms. The van der Waals surface area contributed by atoms with Crippen LogP contribution in [0.25, 0.3) is 0 Å². The fourth-order valence-corrected chi connectivity index (χ4v) is 2.13. The van der Waals surface area contributed by atoms with Crippen LogP contribution >= 0.6 is 0 Å². The lowest BCUT2D eigenvalue weighted by molar-refractivity contribution is -0.140. The van der Waals surface area contributed by atoms with Crippen molar-refractivity contribution in [2.24, 2.45) is 0 Å². The second-order valence-electron chi connectivity index (χ2n) is 4.78. The van der Waals surface area contributed by atoms with Gasteiger partial charge in [0.2, 0.25) is 0 Å². The van der Waals surface area contributed by atoms with Crippen LogP contribution in [-0.2, 0) is 14.3 Å². The van der Waals surface area contributed by atoms with Gasteiger partial charge in [0, 0.05) is 12.2 Å². The van der Waals surface area contributed by atoms with E-state index in [0.717, 1.165) is 0 Å². The fraction of sp³-hybridized carbons (Fsp3) is 0.636. The second-order valence-corrected chi connectivity index (χ2v) is 4.78. The molecule has 0 N–H and O–H groups in total. The number of ether oxygens (including phenoxy) is 1. The highest BCUT2D eigenvalue weighted by Crippen LogP contribution is 2.51. The number of amides is 2. The van der Waals surface area contributed by atoms with Crippen LogP contribution in [0.3, 0.4) is 0 Å². The number of hydrogen-bond donors (Lipinski definition) is 0. The van der Waals surface area contributed by atoms with Crippen molar-refractivity contribution in [1.82, 2.24) is 4.90 Å². The summed E-state index contributed by atoms with van der Waals surface area (Å²) < 4.78 is 5.59. The predicted octanol–water partition coefficient (Wildman–Crippen LogP) is 0.867. The minimum absolute atomic E-state index is 0.234.